The van der Waals surface area contributed by atoms with Gasteiger partial charge in [0.25, 0.3) is 0 Å². The van der Waals surface area contributed by atoms with Crippen LogP contribution in [0, 0.1) is 5.92 Å². The summed E-state index contributed by atoms with van der Waals surface area (Å²) in [6.07, 6.45) is -4.03. The standard InChI is InChI=1S/C14H17F3N2O3S/c15-14(16,17)12-3-1-2-10(6-12)4-5-19-8-11(7-13(19)20)9-23(18,21)22/h1-3,6,11H,4-5,7-9H2,(H2,18,21,22). The molecule has 23 heavy (non-hydrogen) atoms. The molecule has 0 spiro atoms. The zero-order valence-electron chi connectivity index (χ0n) is 12.2. The van der Waals surface area contributed by atoms with E-state index in [9.17, 15) is 26.4 Å². The molecule has 5 nitrogen and oxygen atoms in total. The van der Waals surface area contributed by atoms with Crippen molar-refractivity contribution in [2.24, 2.45) is 11.1 Å². The lowest BCUT2D eigenvalue weighted by molar-refractivity contribution is -0.137. The zero-order chi connectivity index (χ0) is 17.3. The smallest absolute Gasteiger partial charge is 0.342 e. The van der Waals surface area contributed by atoms with E-state index in [1.54, 1.807) is 6.07 Å². The van der Waals surface area contributed by atoms with Gasteiger partial charge >= 0.3 is 6.18 Å². The molecule has 1 amide bonds. The summed E-state index contributed by atoms with van der Waals surface area (Å²) in [6.45, 7) is 0.509. The van der Waals surface area contributed by atoms with E-state index < -0.39 is 21.8 Å². The molecule has 0 radical (unpaired) electrons. The minimum absolute atomic E-state index is 0.0963. The van der Waals surface area contributed by atoms with Crippen molar-refractivity contribution in [2.75, 3.05) is 18.8 Å². The second kappa shape index (κ2) is 6.48. The maximum Gasteiger partial charge on any atom is 0.416 e. The Morgan fingerprint density at radius 2 is 2.00 bits per heavy atom. The quantitative estimate of drug-likeness (QED) is 0.871. The van der Waals surface area contributed by atoms with Gasteiger partial charge in [-0.05, 0) is 18.1 Å². The van der Waals surface area contributed by atoms with E-state index in [1.807, 2.05) is 0 Å². The summed E-state index contributed by atoms with van der Waals surface area (Å²) in [5.41, 5.74) is -0.252. The first-order chi connectivity index (χ1) is 10.5. The van der Waals surface area contributed by atoms with Crippen LogP contribution in [0.2, 0.25) is 0 Å². The second-order valence-electron chi connectivity index (χ2n) is 5.69. The lowest BCUT2D eigenvalue weighted by Gasteiger charge is -2.17. The fourth-order valence-corrected chi connectivity index (χ4v) is 3.56. The van der Waals surface area contributed by atoms with Crippen LogP contribution < -0.4 is 5.14 Å². The molecule has 0 aliphatic carbocycles. The highest BCUT2D eigenvalue weighted by atomic mass is 32.2. The van der Waals surface area contributed by atoms with E-state index in [-0.39, 0.29) is 43.5 Å². The molecule has 2 N–H and O–H groups in total. The molecule has 128 valence electrons. The van der Waals surface area contributed by atoms with Crippen LogP contribution in [0.3, 0.4) is 0 Å². The Bertz CT molecular complexity index is 689. The number of alkyl halides is 3. The molecule has 0 saturated carbocycles. The SMILES string of the molecule is NS(=O)(=O)CC1CC(=O)N(CCc2cccc(C(F)(F)F)c2)C1. The van der Waals surface area contributed by atoms with Crippen molar-refractivity contribution >= 4 is 15.9 Å². The highest BCUT2D eigenvalue weighted by Crippen LogP contribution is 2.29. The van der Waals surface area contributed by atoms with Gasteiger partial charge in [-0.15, -0.1) is 0 Å². The molecule has 9 heteroatoms. The number of carbonyl (C=O) groups excluding carboxylic acids is 1. The fraction of sp³-hybridized carbons (Fsp3) is 0.500. The Hall–Kier alpha value is -1.61. The van der Waals surface area contributed by atoms with Crippen molar-refractivity contribution < 1.29 is 26.4 Å². The Balaban J connectivity index is 1.95. The van der Waals surface area contributed by atoms with Gasteiger partial charge in [0.1, 0.15) is 0 Å². The van der Waals surface area contributed by atoms with Gasteiger partial charge < -0.3 is 4.90 Å². The first-order valence-corrected chi connectivity index (χ1v) is 8.70. The number of primary sulfonamides is 1. The van der Waals surface area contributed by atoms with Gasteiger partial charge in [-0.1, -0.05) is 18.2 Å². The maximum absolute atomic E-state index is 12.6. The molecule has 1 aromatic rings. The Morgan fingerprint density at radius 1 is 1.30 bits per heavy atom. The summed E-state index contributed by atoms with van der Waals surface area (Å²) in [5.74, 6) is -0.830. The average molecular weight is 350 g/mol. The van der Waals surface area contributed by atoms with E-state index in [1.165, 1.54) is 11.0 Å². The Labute approximate surface area is 132 Å². The lowest BCUT2D eigenvalue weighted by atomic mass is 10.1. The Kier molecular flexibility index (Phi) is 5.00. The van der Waals surface area contributed by atoms with Crippen LogP contribution in [0.4, 0.5) is 13.2 Å². The fourth-order valence-electron chi connectivity index (χ4n) is 2.68. The van der Waals surface area contributed by atoms with Gasteiger partial charge in [0, 0.05) is 25.4 Å². The lowest BCUT2D eigenvalue weighted by Crippen LogP contribution is -2.29. The summed E-state index contributed by atoms with van der Waals surface area (Å²) in [7, 11) is -3.65. The number of carbonyl (C=O) groups is 1. The first-order valence-electron chi connectivity index (χ1n) is 6.99. The minimum Gasteiger partial charge on any atom is -0.342 e. The predicted octanol–water partition coefficient (Wildman–Crippen LogP) is 1.38. The van der Waals surface area contributed by atoms with Crippen molar-refractivity contribution in [3.63, 3.8) is 0 Å². The molecule has 1 heterocycles. The molecule has 0 bridgehead atoms. The van der Waals surface area contributed by atoms with Crippen LogP contribution in [-0.4, -0.2) is 38.1 Å². The van der Waals surface area contributed by atoms with Crippen molar-refractivity contribution in [1.29, 1.82) is 0 Å². The van der Waals surface area contributed by atoms with Crippen molar-refractivity contribution in [3.8, 4) is 0 Å². The van der Waals surface area contributed by atoms with Gasteiger partial charge in [0.05, 0.1) is 11.3 Å². The third kappa shape index (κ3) is 5.21. The van der Waals surface area contributed by atoms with Gasteiger partial charge in [-0.3, -0.25) is 4.79 Å². The van der Waals surface area contributed by atoms with E-state index in [0.717, 1.165) is 12.1 Å². The number of hydrogen-bond donors (Lipinski definition) is 1. The molecule has 1 aromatic carbocycles. The number of amides is 1. The van der Waals surface area contributed by atoms with Gasteiger partial charge in [0.2, 0.25) is 15.9 Å². The number of halogens is 3. The molecule has 1 fully saturated rings. The van der Waals surface area contributed by atoms with Crippen LogP contribution in [0.25, 0.3) is 0 Å². The summed E-state index contributed by atoms with van der Waals surface area (Å²) in [5, 5.41) is 4.96. The highest BCUT2D eigenvalue weighted by molar-refractivity contribution is 7.89. The minimum atomic E-state index is -4.40. The first kappa shape index (κ1) is 17.7. The Morgan fingerprint density at radius 3 is 2.61 bits per heavy atom. The van der Waals surface area contributed by atoms with E-state index in [0.29, 0.717) is 5.56 Å². The van der Waals surface area contributed by atoms with Crippen LogP contribution >= 0.6 is 0 Å². The molecule has 1 aliphatic heterocycles. The molecular weight excluding hydrogens is 333 g/mol. The number of hydrogen-bond acceptors (Lipinski definition) is 3. The van der Waals surface area contributed by atoms with Crippen LogP contribution in [0.5, 0.6) is 0 Å². The number of benzene rings is 1. The molecular formula is C14H17F3N2O3S. The van der Waals surface area contributed by atoms with Crippen molar-refractivity contribution in [3.05, 3.63) is 35.4 Å². The van der Waals surface area contributed by atoms with E-state index >= 15 is 0 Å². The van der Waals surface area contributed by atoms with Crippen molar-refractivity contribution in [1.82, 2.24) is 4.90 Å². The molecule has 1 unspecified atom stereocenters. The molecule has 1 aliphatic rings. The second-order valence-corrected chi connectivity index (χ2v) is 7.35. The van der Waals surface area contributed by atoms with E-state index in [2.05, 4.69) is 0 Å². The average Bonchev–Trinajstić information content (AvgIpc) is 2.73. The van der Waals surface area contributed by atoms with Gasteiger partial charge in [0.15, 0.2) is 0 Å². The summed E-state index contributed by atoms with van der Waals surface area (Å²) < 4.78 is 60.0. The molecule has 1 atom stereocenters. The number of rotatable bonds is 5. The molecule has 2 rings (SSSR count). The highest BCUT2D eigenvalue weighted by Gasteiger charge is 2.32. The largest absolute Gasteiger partial charge is 0.416 e. The maximum atomic E-state index is 12.6. The molecule has 0 aromatic heterocycles. The number of nitrogens with zero attached hydrogens (tertiary/aromatic N) is 1. The number of nitrogens with two attached hydrogens (primary N) is 1. The summed E-state index contributed by atoms with van der Waals surface area (Å²) in [6, 6.07) is 4.94. The summed E-state index contributed by atoms with van der Waals surface area (Å²) in [4.78, 5) is 13.3. The number of likely N-dealkylation sites (tertiary alicyclic amines) is 1. The molecule has 1 saturated heterocycles. The summed E-state index contributed by atoms with van der Waals surface area (Å²) >= 11 is 0. The topological polar surface area (TPSA) is 80.5 Å². The third-order valence-corrected chi connectivity index (χ3v) is 4.62. The zero-order valence-corrected chi connectivity index (χ0v) is 13.0. The normalized spacial score (nSPS) is 19.4. The van der Waals surface area contributed by atoms with Gasteiger partial charge in [-0.2, -0.15) is 13.2 Å². The number of sulfonamides is 1. The monoisotopic (exact) mass is 350 g/mol. The predicted molar refractivity (Wildman–Crippen MR) is 77.8 cm³/mol. The van der Waals surface area contributed by atoms with Gasteiger partial charge in [-0.25, -0.2) is 13.6 Å². The van der Waals surface area contributed by atoms with Crippen LogP contribution in [0.15, 0.2) is 24.3 Å². The van der Waals surface area contributed by atoms with Crippen molar-refractivity contribution in [2.45, 2.75) is 19.0 Å². The third-order valence-electron chi connectivity index (χ3n) is 3.69. The van der Waals surface area contributed by atoms with Crippen LogP contribution in [-0.2, 0) is 27.4 Å². The van der Waals surface area contributed by atoms with E-state index in [4.69, 9.17) is 5.14 Å². The van der Waals surface area contributed by atoms with Crippen LogP contribution in [0.1, 0.15) is 17.5 Å².